The maximum absolute atomic E-state index is 12.4. The van der Waals surface area contributed by atoms with Crippen LogP contribution in [0.2, 0.25) is 0 Å². The van der Waals surface area contributed by atoms with Crippen LogP contribution in [0, 0.1) is 0 Å². The van der Waals surface area contributed by atoms with Gasteiger partial charge in [-0.25, -0.2) is 0 Å². The van der Waals surface area contributed by atoms with Gasteiger partial charge in [0.1, 0.15) is 5.75 Å². The molecule has 4 N–H and O–H groups in total. The van der Waals surface area contributed by atoms with Crippen LogP contribution in [0.3, 0.4) is 0 Å². The molecule has 31 heavy (non-hydrogen) atoms. The molecule has 0 aliphatic rings. The Bertz CT molecular complexity index is 882. The van der Waals surface area contributed by atoms with Gasteiger partial charge in [0.05, 0.1) is 6.61 Å². The number of rotatable bonds is 12. The Morgan fingerprint density at radius 3 is 2.42 bits per heavy atom. The van der Waals surface area contributed by atoms with E-state index in [1.54, 1.807) is 37.3 Å². The van der Waals surface area contributed by atoms with Gasteiger partial charge in [-0.1, -0.05) is 30.3 Å². The lowest BCUT2D eigenvalue weighted by molar-refractivity contribution is -0.137. The van der Waals surface area contributed by atoms with E-state index in [2.05, 4.69) is 16.0 Å². The van der Waals surface area contributed by atoms with Gasteiger partial charge < -0.3 is 25.8 Å². The van der Waals surface area contributed by atoms with E-state index in [4.69, 9.17) is 9.84 Å². The Morgan fingerprint density at radius 2 is 1.77 bits per heavy atom. The minimum absolute atomic E-state index is 0.0479. The molecule has 8 nitrogen and oxygen atoms in total. The molecule has 0 radical (unpaired) electrons. The standard InChI is InChI=1S/C23H27N3O5/c1-2-24-23(30)22(26-20(27)15-10-17-7-4-3-5-8-17)25-18-11-13-19(14-12-18)31-16-6-9-21(28)29/h3-5,7-8,10-15,22,25H,2,6,9,16H2,1H3,(H,24,30)(H,26,27)(H,28,29)/b15-10+. The molecule has 2 amide bonds. The van der Waals surface area contributed by atoms with Crippen molar-refractivity contribution in [3.05, 3.63) is 66.2 Å². The van der Waals surface area contributed by atoms with E-state index in [9.17, 15) is 14.4 Å². The number of nitrogens with one attached hydrogen (secondary N) is 3. The monoisotopic (exact) mass is 425 g/mol. The first-order valence-electron chi connectivity index (χ1n) is 10.0. The van der Waals surface area contributed by atoms with Gasteiger partial charge in [0.25, 0.3) is 5.91 Å². The Labute approximate surface area is 181 Å². The number of likely N-dealkylation sites (N-methyl/N-ethyl adjacent to an activating group) is 1. The topological polar surface area (TPSA) is 117 Å². The summed E-state index contributed by atoms with van der Waals surface area (Å²) in [5.41, 5.74) is 1.49. The van der Waals surface area contributed by atoms with Crippen LogP contribution in [0.1, 0.15) is 25.3 Å². The normalized spacial score (nSPS) is 11.5. The number of hydrogen-bond donors (Lipinski definition) is 4. The van der Waals surface area contributed by atoms with Crippen molar-refractivity contribution in [3.63, 3.8) is 0 Å². The zero-order valence-electron chi connectivity index (χ0n) is 17.3. The van der Waals surface area contributed by atoms with Crippen LogP contribution in [0.25, 0.3) is 6.08 Å². The first kappa shape index (κ1) is 23.5. The zero-order chi connectivity index (χ0) is 22.5. The molecule has 0 aliphatic carbocycles. The fourth-order valence-electron chi connectivity index (χ4n) is 2.60. The largest absolute Gasteiger partial charge is 0.494 e. The summed E-state index contributed by atoms with van der Waals surface area (Å²) in [5, 5.41) is 17.0. The van der Waals surface area contributed by atoms with E-state index in [1.807, 2.05) is 30.3 Å². The van der Waals surface area contributed by atoms with E-state index in [0.29, 0.717) is 31.0 Å². The summed E-state index contributed by atoms with van der Waals surface area (Å²) in [4.78, 5) is 35.2. The first-order chi connectivity index (χ1) is 15.0. The van der Waals surface area contributed by atoms with E-state index in [-0.39, 0.29) is 12.3 Å². The molecule has 0 aliphatic heterocycles. The second-order valence-electron chi connectivity index (χ2n) is 6.59. The number of carboxylic acids is 1. The SMILES string of the molecule is CCNC(=O)C(NC(=O)/C=C/c1ccccc1)Nc1ccc(OCCCC(=O)O)cc1. The second-order valence-corrected chi connectivity index (χ2v) is 6.59. The number of aliphatic carboxylic acids is 1. The summed E-state index contributed by atoms with van der Waals surface area (Å²) in [5.74, 6) is -1.05. The molecule has 0 saturated heterocycles. The van der Waals surface area contributed by atoms with Gasteiger partial charge in [-0.15, -0.1) is 0 Å². The highest BCUT2D eigenvalue weighted by atomic mass is 16.5. The summed E-state index contributed by atoms with van der Waals surface area (Å²) in [7, 11) is 0. The third-order valence-electron chi connectivity index (χ3n) is 4.10. The van der Waals surface area contributed by atoms with Crippen molar-refractivity contribution in [3.8, 4) is 5.75 Å². The van der Waals surface area contributed by atoms with Crippen LogP contribution in [-0.2, 0) is 14.4 Å². The van der Waals surface area contributed by atoms with Crippen LogP contribution in [-0.4, -0.2) is 42.2 Å². The van der Waals surface area contributed by atoms with Crippen molar-refractivity contribution in [2.24, 2.45) is 0 Å². The summed E-state index contributed by atoms with van der Waals surface area (Å²) in [6.07, 6.45) is 2.54. The summed E-state index contributed by atoms with van der Waals surface area (Å²) >= 11 is 0. The van der Waals surface area contributed by atoms with Gasteiger partial charge in [0.15, 0.2) is 6.17 Å². The number of carbonyl (C=O) groups is 3. The average molecular weight is 425 g/mol. The predicted octanol–water partition coefficient (Wildman–Crippen LogP) is 2.63. The molecule has 2 aromatic rings. The molecule has 164 valence electrons. The third kappa shape index (κ3) is 9.03. The average Bonchev–Trinajstić information content (AvgIpc) is 2.76. The van der Waals surface area contributed by atoms with Gasteiger partial charge >= 0.3 is 5.97 Å². The Balaban J connectivity index is 1.95. The van der Waals surface area contributed by atoms with E-state index < -0.39 is 18.0 Å². The van der Waals surface area contributed by atoms with Crippen LogP contribution in [0.4, 0.5) is 5.69 Å². The molecule has 2 aromatic carbocycles. The molecular weight excluding hydrogens is 398 g/mol. The Kier molecular flexibility index (Phi) is 9.61. The molecule has 0 aromatic heterocycles. The van der Waals surface area contributed by atoms with E-state index >= 15 is 0 Å². The Hall–Kier alpha value is -3.81. The zero-order valence-corrected chi connectivity index (χ0v) is 17.3. The summed E-state index contributed by atoms with van der Waals surface area (Å²) in [6, 6.07) is 16.2. The number of benzene rings is 2. The lowest BCUT2D eigenvalue weighted by Gasteiger charge is -2.20. The highest BCUT2D eigenvalue weighted by Crippen LogP contribution is 2.16. The highest BCUT2D eigenvalue weighted by Gasteiger charge is 2.19. The number of ether oxygens (including phenoxy) is 1. The maximum Gasteiger partial charge on any atom is 0.303 e. The van der Waals surface area contributed by atoms with E-state index in [0.717, 1.165) is 5.56 Å². The summed E-state index contributed by atoms with van der Waals surface area (Å²) < 4.78 is 5.49. The number of amides is 2. The Morgan fingerprint density at radius 1 is 1.06 bits per heavy atom. The van der Waals surface area contributed by atoms with Gasteiger partial charge in [-0.2, -0.15) is 0 Å². The molecule has 0 heterocycles. The minimum Gasteiger partial charge on any atom is -0.494 e. The number of hydrogen-bond acceptors (Lipinski definition) is 5. The van der Waals surface area contributed by atoms with Crippen molar-refractivity contribution in [2.75, 3.05) is 18.5 Å². The van der Waals surface area contributed by atoms with Gasteiger partial charge in [-0.05, 0) is 49.2 Å². The third-order valence-corrected chi connectivity index (χ3v) is 4.10. The van der Waals surface area contributed by atoms with Gasteiger partial charge in [0.2, 0.25) is 5.91 Å². The van der Waals surface area contributed by atoms with Crippen molar-refractivity contribution in [1.82, 2.24) is 10.6 Å². The van der Waals surface area contributed by atoms with E-state index in [1.165, 1.54) is 6.08 Å². The molecule has 0 spiro atoms. The van der Waals surface area contributed by atoms with Crippen molar-refractivity contribution in [2.45, 2.75) is 25.9 Å². The number of anilines is 1. The minimum atomic E-state index is -0.963. The quantitative estimate of drug-likeness (QED) is 0.236. The lowest BCUT2D eigenvalue weighted by Crippen LogP contribution is -2.50. The molecule has 0 fully saturated rings. The van der Waals surface area contributed by atoms with Crippen LogP contribution < -0.4 is 20.7 Å². The second kappa shape index (κ2) is 12.7. The molecular formula is C23H27N3O5. The fourth-order valence-corrected chi connectivity index (χ4v) is 2.60. The smallest absolute Gasteiger partial charge is 0.303 e. The summed E-state index contributed by atoms with van der Waals surface area (Å²) in [6.45, 7) is 2.52. The predicted molar refractivity (Wildman–Crippen MR) is 119 cm³/mol. The molecule has 1 atom stereocenters. The van der Waals surface area contributed by atoms with Gasteiger partial charge in [0, 0.05) is 24.7 Å². The van der Waals surface area contributed by atoms with Gasteiger partial charge in [-0.3, -0.25) is 14.4 Å². The number of carboxylic acid groups (broad SMARTS) is 1. The lowest BCUT2D eigenvalue weighted by atomic mass is 10.2. The van der Waals surface area contributed by atoms with Crippen LogP contribution in [0.5, 0.6) is 5.75 Å². The highest BCUT2D eigenvalue weighted by molar-refractivity contribution is 5.96. The molecule has 2 rings (SSSR count). The molecule has 8 heteroatoms. The van der Waals surface area contributed by atoms with Crippen LogP contribution in [0.15, 0.2) is 60.7 Å². The van der Waals surface area contributed by atoms with Crippen molar-refractivity contribution in [1.29, 1.82) is 0 Å². The maximum atomic E-state index is 12.4. The van der Waals surface area contributed by atoms with Crippen molar-refractivity contribution < 1.29 is 24.2 Å². The molecule has 1 unspecified atom stereocenters. The van der Waals surface area contributed by atoms with Crippen LogP contribution >= 0.6 is 0 Å². The van der Waals surface area contributed by atoms with Crippen molar-refractivity contribution >= 4 is 29.5 Å². The molecule has 0 saturated carbocycles. The fraction of sp³-hybridized carbons (Fsp3) is 0.261. The molecule has 0 bridgehead atoms. The first-order valence-corrected chi connectivity index (χ1v) is 10.0. The number of carbonyl (C=O) groups excluding carboxylic acids is 2.